The molecule has 2 aromatic rings. The van der Waals surface area contributed by atoms with Gasteiger partial charge in [-0.15, -0.1) is 0 Å². The third-order valence-corrected chi connectivity index (χ3v) is 3.70. The van der Waals surface area contributed by atoms with E-state index in [2.05, 4.69) is 5.16 Å². The Labute approximate surface area is 140 Å². The molecule has 0 aliphatic carbocycles. The lowest BCUT2D eigenvalue weighted by Crippen LogP contribution is -2.34. The molecule has 1 atom stereocenters. The number of aromatic hydroxyl groups is 1. The van der Waals surface area contributed by atoms with Gasteiger partial charge < -0.3 is 24.0 Å². The van der Waals surface area contributed by atoms with Crippen molar-refractivity contribution in [2.24, 2.45) is 0 Å². The third kappa shape index (κ3) is 4.26. The maximum Gasteiger partial charge on any atom is 0.409 e. The van der Waals surface area contributed by atoms with E-state index < -0.39 is 6.09 Å². The average molecular weight is 334 g/mol. The first-order valence-corrected chi connectivity index (χ1v) is 7.57. The van der Waals surface area contributed by atoms with Crippen LogP contribution < -0.4 is 0 Å². The Hall–Kier alpha value is -2.54. The zero-order valence-corrected chi connectivity index (χ0v) is 14.3. The maximum absolute atomic E-state index is 12.1. The smallest absolute Gasteiger partial charge is 0.409 e. The quantitative estimate of drug-likeness (QED) is 0.874. The minimum Gasteiger partial charge on any atom is -0.508 e. The van der Waals surface area contributed by atoms with E-state index in [1.807, 2.05) is 6.92 Å². The van der Waals surface area contributed by atoms with Crippen LogP contribution in [-0.2, 0) is 16.1 Å². The van der Waals surface area contributed by atoms with E-state index in [1.165, 1.54) is 4.90 Å². The zero-order valence-electron chi connectivity index (χ0n) is 14.3. The van der Waals surface area contributed by atoms with Crippen LogP contribution in [-0.4, -0.2) is 48.1 Å². The summed E-state index contributed by atoms with van der Waals surface area (Å²) in [5.74, 6) is 0.685. The van der Waals surface area contributed by atoms with E-state index in [4.69, 9.17) is 14.0 Å². The molecule has 0 spiro atoms. The molecule has 1 amide bonds. The Kier molecular flexibility index (Phi) is 5.81. The molecule has 130 valence electrons. The summed E-state index contributed by atoms with van der Waals surface area (Å²) in [6, 6.07) is 6.55. The largest absolute Gasteiger partial charge is 0.508 e. The zero-order chi connectivity index (χ0) is 17.7. The Morgan fingerprint density at radius 3 is 2.67 bits per heavy atom. The Bertz CT molecular complexity index is 681. The Balaban J connectivity index is 2.06. The summed E-state index contributed by atoms with van der Waals surface area (Å²) in [5, 5.41) is 13.3. The van der Waals surface area contributed by atoms with Gasteiger partial charge in [-0.05, 0) is 38.1 Å². The average Bonchev–Trinajstić information content (AvgIpc) is 2.93. The van der Waals surface area contributed by atoms with Gasteiger partial charge in [0.05, 0.1) is 17.4 Å². The second kappa shape index (κ2) is 7.83. The number of ether oxygens (including phenoxy) is 2. The normalized spacial score (nSPS) is 12.0. The summed E-state index contributed by atoms with van der Waals surface area (Å²) < 4.78 is 15.8. The molecule has 1 unspecified atom stereocenters. The van der Waals surface area contributed by atoms with Gasteiger partial charge in [0.15, 0.2) is 5.76 Å². The van der Waals surface area contributed by atoms with Crippen LogP contribution in [0.2, 0.25) is 0 Å². The van der Waals surface area contributed by atoms with Gasteiger partial charge in [0.2, 0.25) is 0 Å². The molecule has 0 bridgehead atoms. The molecule has 7 heteroatoms. The van der Waals surface area contributed by atoms with Crippen LogP contribution >= 0.6 is 0 Å². The Morgan fingerprint density at radius 2 is 2.04 bits per heavy atom. The van der Waals surface area contributed by atoms with E-state index in [-0.39, 0.29) is 18.5 Å². The van der Waals surface area contributed by atoms with Crippen LogP contribution in [0.5, 0.6) is 5.75 Å². The van der Waals surface area contributed by atoms with E-state index in [0.29, 0.717) is 23.6 Å². The second-order valence-electron chi connectivity index (χ2n) is 5.60. The van der Waals surface area contributed by atoms with Crippen molar-refractivity contribution in [1.29, 1.82) is 0 Å². The van der Waals surface area contributed by atoms with Crippen molar-refractivity contribution in [3.8, 4) is 17.1 Å². The number of benzene rings is 1. The van der Waals surface area contributed by atoms with Crippen LogP contribution in [0.1, 0.15) is 18.2 Å². The highest BCUT2D eigenvalue weighted by Gasteiger charge is 2.19. The number of methoxy groups -OCH3 is 1. The number of amides is 1. The van der Waals surface area contributed by atoms with E-state index in [1.54, 1.807) is 45.3 Å². The van der Waals surface area contributed by atoms with Crippen molar-refractivity contribution in [1.82, 2.24) is 10.1 Å². The van der Waals surface area contributed by atoms with Gasteiger partial charge in [-0.1, -0.05) is 5.16 Å². The molecule has 7 nitrogen and oxygen atoms in total. The number of aromatic nitrogens is 1. The predicted octanol–water partition coefficient (Wildman–Crippen LogP) is 2.96. The van der Waals surface area contributed by atoms with E-state index in [0.717, 1.165) is 5.56 Å². The van der Waals surface area contributed by atoms with Crippen molar-refractivity contribution < 1.29 is 23.9 Å². The van der Waals surface area contributed by atoms with Crippen molar-refractivity contribution >= 4 is 6.09 Å². The number of phenols is 1. The third-order valence-electron chi connectivity index (χ3n) is 3.70. The van der Waals surface area contributed by atoms with Gasteiger partial charge in [-0.3, -0.25) is 0 Å². The first kappa shape index (κ1) is 17.8. The number of nitrogens with zero attached hydrogens (tertiary/aromatic N) is 2. The van der Waals surface area contributed by atoms with Gasteiger partial charge in [0, 0.05) is 26.3 Å². The van der Waals surface area contributed by atoms with E-state index in [9.17, 15) is 9.90 Å². The SMILES string of the molecule is COC(C)CN(C)C(=O)OCc1c(C)noc1-c1ccc(O)cc1. The van der Waals surface area contributed by atoms with Crippen molar-refractivity contribution in [3.63, 3.8) is 0 Å². The van der Waals surface area contributed by atoms with Crippen LogP contribution in [0, 0.1) is 6.92 Å². The molecule has 0 aliphatic heterocycles. The number of phenolic OH excluding ortho intramolecular Hbond substituents is 1. The van der Waals surface area contributed by atoms with Crippen LogP contribution in [0.25, 0.3) is 11.3 Å². The van der Waals surface area contributed by atoms with E-state index >= 15 is 0 Å². The van der Waals surface area contributed by atoms with Crippen molar-refractivity contribution in [2.45, 2.75) is 26.6 Å². The molecule has 0 fully saturated rings. The molecule has 0 radical (unpaired) electrons. The second-order valence-corrected chi connectivity index (χ2v) is 5.60. The molecule has 1 aromatic carbocycles. The fourth-order valence-electron chi connectivity index (χ4n) is 2.18. The predicted molar refractivity (Wildman–Crippen MR) is 87.6 cm³/mol. The summed E-state index contributed by atoms with van der Waals surface area (Å²) in [5.41, 5.74) is 2.10. The lowest BCUT2D eigenvalue weighted by Gasteiger charge is -2.20. The maximum atomic E-state index is 12.1. The number of rotatable bonds is 6. The number of carbonyl (C=O) groups is 1. The summed E-state index contributed by atoms with van der Waals surface area (Å²) >= 11 is 0. The molecule has 0 saturated carbocycles. The highest BCUT2D eigenvalue weighted by atomic mass is 16.6. The molecule has 1 aromatic heterocycles. The molecule has 1 N–H and O–H groups in total. The summed E-state index contributed by atoms with van der Waals surface area (Å²) in [6.07, 6.45) is -0.524. The number of hydrogen-bond donors (Lipinski definition) is 1. The van der Waals surface area contributed by atoms with Gasteiger partial charge in [-0.25, -0.2) is 4.79 Å². The number of aryl methyl sites for hydroxylation is 1. The van der Waals surface area contributed by atoms with Gasteiger partial charge in [0.1, 0.15) is 12.4 Å². The fourth-order valence-corrected chi connectivity index (χ4v) is 2.18. The number of hydrogen-bond acceptors (Lipinski definition) is 6. The first-order valence-electron chi connectivity index (χ1n) is 7.57. The molecule has 1 heterocycles. The molecular formula is C17H22N2O5. The number of likely N-dealkylation sites (N-methyl/N-ethyl adjacent to an activating group) is 1. The molecule has 24 heavy (non-hydrogen) atoms. The van der Waals surface area contributed by atoms with Crippen LogP contribution in [0.4, 0.5) is 4.79 Å². The summed E-state index contributed by atoms with van der Waals surface area (Å²) in [4.78, 5) is 13.5. The monoisotopic (exact) mass is 334 g/mol. The molecular weight excluding hydrogens is 312 g/mol. The Morgan fingerprint density at radius 1 is 1.38 bits per heavy atom. The summed E-state index contributed by atoms with van der Waals surface area (Å²) in [7, 11) is 3.24. The molecule has 0 aliphatic rings. The number of carbonyl (C=O) groups excluding carboxylic acids is 1. The van der Waals surface area contributed by atoms with Crippen LogP contribution in [0.3, 0.4) is 0 Å². The molecule has 0 saturated heterocycles. The van der Waals surface area contributed by atoms with Crippen molar-refractivity contribution in [2.75, 3.05) is 20.7 Å². The minimum atomic E-state index is -0.448. The van der Waals surface area contributed by atoms with Crippen molar-refractivity contribution in [3.05, 3.63) is 35.5 Å². The van der Waals surface area contributed by atoms with Gasteiger partial charge >= 0.3 is 6.09 Å². The fraction of sp³-hybridized carbons (Fsp3) is 0.412. The van der Waals surface area contributed by atoms with Gasteiger partial charge in [-0.2, -0.15) is 0 Å². The summed E-state index contributed by atoms with van der Waals surface area (Å²) in [6.45, 7) is 4.14. The lowest BCUT2D eigenvalue weighted by atomic mass is 10.1. The molecule has 2 rings (SSSR count). The lowest BCUT2D eigenvalue weighted by molar-refractivity contribution is 0.0637. The standard InChI is InChI=1S/C17H22N2O5/c1-11(22-4)9-19(3)17(21)23-10-15-12(2)18-24-16(15)13-5-7-14(20)8-6-13/h5-8,11,20H,9-10H2,1-4H3. The first-order chi connectivity index (χ1) is 11.4. The topological polar surface area (TPSA) is 85.0 Å². The van der Waals surface area contributed by atoms with Crippen LogP contribution in [0.15, 0.2) is 28.8 Å². The highest BCUT2D eigenvalue weighted by Crippen LogP contribution is 2.28. The minimum absolute atomic E-state index is 0.0517. The highest BCUT2D eigenvalue weighted by molar-refractivity contribution is 5.68. The van der Waals surface area contributed by atoms with Gasteiger partial charge in [0.25, 0.3) is 0 Å².